The van der Waals surface area contributed by atoms with E-state index < -0.39 is 11.6 Å². The maximum absolute atomic E-state index is 13.1. The Morgan fingerprint density at radius 3 is 2.20 bits per heavy atom. The number of hydrogen-bond acceptors (Lipinski definition) is 5. The van der Waals surface area contributed by atoms with Gasteiger partial charge in [0.1, 0.15) is 24.0 Å². The number of likely N-dealkylation sites (tertiary alicyclic amines) is 1. The lowest BCUT2D eigenvalue weighted by molar-refractivity contribution is -0.129. The van der Waals surface area contributed by atoms with Gasteiger partial charge in [-0.2, -0.15) is 0 Å². The molecule has 1 saturated carbocycles. The van der Waals surface area contributed by atoms with Gasteiger partial charge in [0.15, 0.2) is 0 Å². The molecular weight excluding hydrogens is 506 g/mol. The smallest absolute Gasteiger partial charge is 0.410 e. The molecule has 0 spiro atoms. The van der Waals surface area contributed by atoms with Crippen LogP contribution in [-0.2, 0) is 27.4 Å². The number of carbonyl (C=O) groups is 3. The summed E-state index contributed by atoms with van der Waals surface area (Å²) in [5.74, 6) is 1.19. The van der Waals surface area contributed by atoms with Crippen molar-refractivity contribution in [3.63, 3.8) is 0 Å². The Bertz CT molecular complexity index is 1120. The van der Waals surface area contributed by atoms with Crippen molar-refractivity contribution in [2.75, 3.05) is 19.6 Å². The van der Waals surface area contributed by atoms with Crippen molar-refractivity contribution in [3.05, 3.63) is 65.7 Å². The van der Waals surface area contributed by atoms with Gasteiger partial charge in [-0.3, -0.25) is 9.59 Å². The normalized spacial score (nSPS) is 16.6. The molecule has 2 aromatic carbocycles. The lowest BCUT2D eigenvalue weighted by Gasteiger charge is -2.33. The standard InChI is InChI=1S/C32H43N3O5/c1-32(2,3)40-31(38)35-17-15-24(16-18-35)20-29(36)34-28(30(37)33-21-25-9-10-25)19-23-11-13-27(14-12-23)39-22-26-7-5-4-6-8-26/h4-8,11-14,24-25,28H,9-10,15-22H2,1-3H3,(H,33,37)(H,34,36)/t28-/m0/s1. The van der Waals surface area contributed by atoms with Gasteiger partial charge in [0.05, 0.1) is 0 Å². The van der Waals surface area contributed by atoms with Crippen molar-refractivity contribution < 1.29 is 23.9 Å². The highest BCUT2D eigenvalue weighted by Crippen LogP contribution is 2.27. The molecule has 1 heterocycles. The second-order valence-corrected chi connectivity index (χ2v) is 12.0. The van der Waals surface area contributed by atoms with Crippen molar-refractivity contribution in [1.82, 2.24) is 15.5 Å². The molecule has 216 valence electrons. The zero-order valence-corrected chi connectivity index (χ0v) is 24.0. The zero-order valence-electron chi connectivity index (χ0n) is 24.0. The largest absolute Gasteiger partial charge is 0.489 e. The summed E-state index contributed by atoms with van der Waals surface area (Å²) in [5.41, 5.74) is 1.51. The molecule has 0 radical (unpaired) electrons. The third-order valence-corrected chi connectivity index (χ3v) is 7.27. The molecule has 2 aromatic rings. The number of rotatable bonds is 11. The summed E-state index contributed by atoms with van der Waals surface area (Å²) in [6.45, 7) is 7.83. The van der Waals surface area contributed by atoms with Crippen LogP contribution in [0.2, 0.25) is 0 Å². The highest BCUT2D eigenvalue weighted by molar-refractivity contribution is 5.88. The van der Waals surface area contributed by atoms with E-state index in [1.165, 1.54) is 0 Å². The predicted molar refractivity (Wildman–Crippen MR) is 154 cm³/mol. The minimum Gasteiger partial charge on any atom is -0.489 e. The molecule has 2 aliphatic rings. The van der Waals surface area contributed by atoms with Crippen LogP contribution in [0.3, 0.4) is 0 Å². The number of nitrogens with one attached hydrogen (secondary N) is 2. The molecule has 0 bridgehead atoms. The van der Waals surface area contributed by atoms with Crippen molar-refractivity contribution in [1.29, 1.82) is 0 Å². The number of piperidine rings is 1. The molecular formula is C32H43N3O5. The highest BCUT2D eigenvalue weighted by Gasteiger charge is 2.30. The zero-order chi connectivity index (χ0) is 28.5. The van der Waals surface area contributed by atoms with E-state index in [-0.39, 0.29) is 23.8 Å². The average Bonchev–Trinajstić information content (AvgIpc) is 3.76. The summed E-state index contributed by atoms with van der Waals surface area (Å²) >= 11 is 0. The Kier molecular flexibility index (Phi) is 10.1. The van der Waals surface area contributed by atoms with Crippen molar-refractivity contribution in [2.24, 2.45) is 11.8 Å². The van der Waals surface area contributed by atoms with Gasteiger partial charge in [-0.25, -0.2) is 4.79 Å². The molecule has 4 rings (SSSR count). The molecule has 0 unspecified atom stereocenters. The van der Waals surface area contributed by atoms with Crippen LogP contribution in [0, 0.1) is 11.8 Å². The van der Waals surface area contributed by atoms with E-state index in [0.717, 1.165) is 42.6 Å². The van der Waals surface area contributed by atoms with Crippen LogP contribution in [0.1, 0.15) is 64.0 Å². The summed E-state index contributed by atoms with van der Waals surface area (Å²) in [6, 6.07) is 17.0. The van der Waals surface area contributed by atoms with Crippen molar-refractivity contribution in [3.8, 4) is 5.75 Å². The third-order valence-electron chi connectivity index (χ3n) is 7.27. The Morgan fingerprint density at radius 2 is 1.57 bits per heavy atom. The van der Waals surface area contributed by atoms with Crippen LogP contribution in [0.4, 0.5) is 4.79 Å². The van der Waals surface area contributed by atoms with Gasteiger partial charge in [-0.1, -0.05) is 42.5 Å². The van der Waals surface area contributed by atoms with Gasteiger partial charge in [0.25, 0.3) is 0 Å². The molecule has 1 saturated heterocycles. The molecule has 8 nitrogen and oxygen atoms in total. The van der Waals surface area contributed by atoms with Crippen LogP contribution in [0.25, 0.3) is 0 Å². The van der Waals surface area contributed by atoms with E-state index in [0.29, 0.717) is 45.0 Å². The molecule has 2 N–H and O–H groups in total. The average molecular weight is 550 g/mol. The Labute approximate surface area is 237 Å². The Balaban J connectivity index is 1.28. The first kappa shape index (κ1) is 29.4. The molecule has 1 aliphatic heterocycles. The van der Waals surface area contributed by atoms with Crippen LogP contribution in [0.15, 0.2) is 54.6 Å². The van der Waals surface area contributed by atoms with Gasteiger partial charge in [-0.15, -0.1) is 0 Å². The van der Waals surface area contributed by atoms with E-state index >= 15 is 0 Å². The minimum atomic E-state index is -0.649. The van der Waals surface area contributed by atoms with Crippen LogP contribution >= 0.6 is 0 Å². The summed E-state index contributed by atoms with van der Waals surface area (Å²) in [4.78, 5) is 40.1. The van der Waals surface area contributed by atoms with Crippen LogP contribution in [0.5, 0.6) is 5.75 Å². The van der Waals surface area contributed by atoms with Gasteiger partial charge in [0.2, 0.25) is 11.8 Å². The van der Waals surface area contributed by atoms with E-state index in [4.69, 9.17) is 9.47 Å². The Hall–Kier alpha value is -3.55. The molecule has 1 aliphatic carbocycles. The number of carbonyl (C=O) groups excluding carboxylic acids is 3. The molecule has 40 heavy (non-hydrogen) atoms. The van der Waals surface area contributed by atoms with E-state index in [1.54, 1.807) is 4.90 Å². The molecule has 8 heteroatoms. The highest BCUT2D eigenvalue weighted by atomic mass is 16.6. The fraction of sp³-hybridized carbons (Fsp3) is 0.531. The molecule has 0 aromatic heterocycles. The summed E-state index contributed by atoms with van der Waals surface area (Å²) in [5, 5.41) is 6.02. The first-order valence-corrected chi connectivity index (χ1v) is 14.5. The number of nitrogens with zero attached hydrogens (tertiary/aromatic N) is 1. The SMILES string of the molecule is CC(C)(C)OC(=O)N1CCC(CC(=O)N[C@@H](Cc2ccc(OCc3ccccc3)cc2)C(=O)NCC2CC2)CC1. The minimum absolute atomic E-state index is 0.134. The van der Waals surface area contributed by atoms with Crippen LogP contribution in [-0.4, -0.2) is 54.1 Å². The molecule has 2 fully saturated rings. The summed E-state index contributed by atoms with van der Waals surface area (Å²) in [7, 11) is 0. The first-order valence-electron chi connectivity index (χ1n) is 14.5. The predicted octanol–water partition coefficient (Wildman–Crippen LogP) is 4.86. The van der Waals surface area contributed by atoms with E-state index in [9.17, 15) is 14.4 Å². The third kappa shape index (κ3) is 9.88. The maximum atomic E-state index is 13.1. The number of hydrogen-bond donors (Lipinski definition) is 2. The van der Waals surface area contributed by atoms with Crippen molar-refractivity contribution in [2.45, 2.75) is 77.5 Å². The lowest BCUT2D eigenvalue weighted by atomic mass is 9.93. The van der Waals surface area contributed by atoms with E-state index in [1.807, 2.05) is 75.4 Å². The molecule has 1 atom stereocenters. The van der Waals surface area contributed by atoms with Crippen LogP contribution < -0.4 is 15.4 Å². The number of amides is 3. The lowest BCUT2D eigenvalue weighted by Crippen LogP contribution is -2.49. The number of benzene rings is 2. The first-order chi connectivity index (χ1) is 19.1. The number of ether oxygens (including phenoxy) is 2. The van der Waals surface area contributed by atoms with Gasteiger partial charge < -0.3 is 25.0 Å². The van der Waals surface area contributed by atoms with Gasteiger partial charge in [-0.05, 0) is 81.5 Å². The topological polar surface area (TPSA) is 97.0 Å². The summed E-state index contributed by atoms with van der Waals surface area (Å²) in [6.07, 6.45) is 4.18. The van der Waals surface area contributed by atoms with E-state index in [2.05, 4.69) is 10.6 Å². The maximum Gasteiger partial charge on any atom is 0.410 e. The Morgan fingerprint density at radius 1 is 0.900 bits per heavy atom. The fourth-order valence-corrected chi connectivity index (χ4v) is 4.76. The quantitative estimate of drug-likeness (QED) is 0.418. The second kappa shape index (κ2) is 13.7. The van der Waals surface area contributed by atoms with Gasteiger partial charge >= 0.3 is 6.09 Å². The fourth-order valence-electron chi connectivity index (χ4n) is 4.76. The second-order valence-electron chi connectivity index (χ2n) is 12.0. The molecule has 3 amide bonds. The summed E-state index contributed by atoms with van der Waals surface area (Å²) < 4.78 is 11.4. The monoisotopic (exact) mass is 549 g/mol. The van der Waals surface area contributed by atoms with Crippen molar-refractivity contribution >= 4 is 17.9 Å². The van der Waals surface area contributed by atoms with Gasteiger partial charge in [0, 0.05) is 32.5 Å².